The predicted molar refractivity (Wildman–Crippen MR) is 87.4 cm³/mol. The third-order valence-corrected chi connectivity index (χ3v) is 15.5. The molecule has 0 saturated heterocycles. The van der Waals surface area contributed by atoms with Crippen LogP contribution in [0.25, 0.3) is 0 Å². The van der Waals surface area contributed by atoms with Gasteiger partial charge in [-0.1, -0.05) is 0 Å². The van der Waals surface area contributed by atoms with E-state index in [4.69, 9.17) is 3.07 Å². The number of hydrogen-bond donors (Lipinski definition) is 0. The van der Waals surface area contributed by atoms with Crippen molar-refractivity contribution in [3.63, 3.8) is 0 Å². The van der Waals surface area contributed by atoms with E-state index in [1.807, 2.05) is 0 Å². The van der Waals surface area contributed by atoms with Gasteiger partial charge in [0.2, 0.25) is 0 Å². The molecule has 3 saturated carbocycles. The van der Waals surface area contributed by atoms with Crippen LogP contribution in [0.2, 0.25) is 7.87 Å². The van der Waals surface area contributed by atoms with Crippen molar-refractivity contribution in [2.24, 2.45) is 0 Å². The summed E-state index contributed by atoms with van der Waals surface area (Å²) < 4.78 is 9.15. The van der Waals surface area contributed by atoms with Gasteiger partial charge in [0.25, 0.3) is 0 Å². The fourth-order valence-electron chi connectivity index (χ4n) is 4.68. The van der Waals surface area contributed by atoms with Crippen molar-refractivity contribution in [1.29, 1.82) is 0 Å². The normalized spacial score (nSPS) is 28.1. The Bertz CT molecular complexity index is 245. The molecule has 0 atom stereocenters. The average molecular weight is 384 g/mol. The van der Waals surface area contributed by atoms with Crippen molar-refractivity contribution in [3.05, 3.63) is 0 Å². The summed E-state index contributed by atoms with van der Waals surface area (Å²) in [6, 6.07) is 0. The minimum absolute atomic E-state index is 0.696. The SMILES string of the molecule is C1CCC([O][Sn]([CH]2CCCCC2)[CH]2CCCCC2)CC1. The van der Waals surface area contributed by atoms with Crippen LogP contribution in [-0.2, 0) is 3.07 Å². The van der Waals surface area contributed by atoms with Crippen molar-refractivity contribution in [1.82, 2.24) is 0 Å². The van der Waals surface area contributed by atoms with Gasteiger partial charge in [-0.3, -0.25) is 0 Å². The molecule has 0 amide bonds. The van der Waals surface area contributed by atoms with Crippen molar-refractivity contribution in [2.75, 3.05) is 0 Å². The van der Waals surface area contributed by atoms with Gasteiger partial charge >= 0.3 is 134 Å². The first kappa shape index (κ1) is 15.6. The molecule has 3 fully saturated rings. The van der Waals surface area contributed by atoms with E-state index in [1.165, 1.54) is 96.3 Å². The molecule has 115 valence electrons. The average Bonchev–Trinajstić information content (AvgIpc) is 2.55. The van der Waals surface area contributed by atoms with E-state index in [0.717, 1.165) is 7.87 Å². The second kappa shape index (κ2) is 8.41. The Balaban J connectivity index is 1.61. The molecule has 3 aliphatic rings. The van der Waals surface area contributed by atoms with Crippen LogP contribution in [0.5, 0.6) is 0 Å². The molecular formula is C18H33OSn. The Hall–Kier alpha value is 0.759. The van der Waals surface area contributed by atoms with Gasteiger partial charge < -0.3 is 0 Å². The zero-order valence-corrected chi connectivity index (χ0v) is 16.1. The molecule has 1 radical (unpaired) electrons. The summed E-state index contributed by atoms with van der Waals surface area (Å²) in [6.45, 7) is 0. The maximum atomic E-state index is 6.97. The van der Waals surface area contributed by atoms with E-state index < -0.39 is 20.2 Å². The van der Waals surface area contributed by atoms with Gasteiger partial charge in [0.15, 0.2) is 0 Å². The van der Waals surface area contributed by atoms with Crippen molar-refractivity contribution < 1.29 is 3.07 Å². The van der Waals surface area contributed by atoms with E-state index in [2.05, 4.69) is 0 Å². The van der Waals surface area contributed by atoms with E-state index in [1.54, 1.807) is 0 Å². The first-order chi connectivity index (χ1) is 9.93. The van der Waals surface area contributed by atoms with E-state index in [9.17, 15) is 0 Å². The van der Waals surface area contributed by atoms with E-state index in [-0.39, 0.29) is 0 Å². The third-order valence-electron chi connectivity index (χ3n) is 5.87. The molecule has 3 rings (SSSR count). The van der Waals surface area contributed by atoms with Crippen LogP contribution in [0.3, 0.4) is 0 Å². The maximum absolute atomic E-state index is 6.97. The summed E-state index contributed by atoms with van der Waals surface area (Å²) in [7, 11) is 0. The molecule has 3 aliphatic carbocycles. The van der Waals surface area contributed by atoms with Crippen LogP contribution in [0.1, 0.15) is 96.3 Å². The van der Waals surface area contributed by atoms with Gasteiger partial charge in [-0.05, 0) is 0 Å². The van der Waals surface area contributed by atoms with Crippen LogP contribution >= 0.6 is 0 Å². The van der Waals surface area contributed by atoms with Crippen LogP contribution in [0, 0.1) is 0 Å². The molecule has 1 nitrogen and oxygen atoms in total. The fraction of sp³-hybridized carbons (Fsp3) is 1.00. The van der Waals surface area contributed by atoms with E-state index >= 15 is 0 Å². The Morgan fingerprint density at radius 3 is 1.35 bits per heavy atom. The Morgan fingerprint density at radius 2 is 0.900 bits per heavy atom. The zero-order chi connectivity index (χ0) is 13.6. The first-order valence-electron chi connectivity index (χ1n) is 9.47. The Morgan fingerprint density at radius 1 is 0.500 bits per heavy atom. The van der Waals surface area contributed by atoms with Gasteiger partial charge in [0.1, 0.15) is 0 Å². The summed E-state index contributed by atoms with van der Waals surface area (Å²) in [4.78, 5) is 0. The first-order valence-corrected chi connectivity index (χ1v) is 13.9. The molecule has 0 N–H and O–H groups in total. The number of hydrogen-bond acceptors (Lipinski definition) is 1. The van der Waals surface area contributed by atoms with Crippen LogP contribution < -0.4 is 0 Å². The molecule has 0 unspecified atom stereocenters. The van der Waals surface area contributed by atoms with Gasteiger partial charge in [-0.2, -0.15) is 0 Å². The third kappa shape index (κ3) is 4.38. The molecule has 0 aromatic rings. The molecular weight excluding hydrogens is 351 g/mol. The van der Waals surface area contributed by atoms with Crippen LogP contribution in [-0.4, -0.2) is 26.3 Å². The quantitative estimate of drug-likeness (QED) is 0.541. The summed E-state index contributed by atoms with van der Waals surface area (Å²) >= 11 is -1.63. The Labute approximate surface area is 133 Å². The minimum atomic E-state index is -1.63. The fourth-order valence-corrected chi connectivity index (χ4v) is 15.0. The van der Waals surface area contributed by atoms with Gasteiger partial charge in [-0.15, -0.1) is 0 Å². The van der Waals surface area contributed by atoms with Crippen molar-refractivity contribution in [2.45, 2.75) is 110 Å². The second-order valence-electron chi connectivity index (χ2n) is 7.45. The molecule has 0 aliphatic heterocycles. The molecule has 2 heteroatoms. The van der Waals surface area contributed by atoms with Crippen molar-refractivity contribution in [3.8, 4) is 0 Å². The monoisotopic (exact) mass is 385 g/mol. The van der Waals surface area contributed by atoms with E-state index in [0.29, 0.717) is 6.10 Å². The topological polar surface area (TPSA) is 9.23 Å². The van der Waals surface area contributed by atoms with Gasteiger partial charge in [0.05, 0.1) is 0 Å². The zero-order valence-electron chi connectivity index (χ0n) is 13.2. The molecule has 0 bridgehead atoms. The second-order valence-corrected chi connectivity index (χ2v) is 15.1. The van der Waals surface area contributed by atoms with Crippen LogP contribution in [0.15, 0.2) is 0 Å². The molecule has 0 heterocycles. The van der Waals surface area contributed by atoms with Gasteiger partial charge in [0, 0.05) is 0 Å². The van der Waals surface area contributed by atoms with Crippen molar-refractivity contribution >= 4 is 20.2 Å². The van der Waals surface area contributed by atoms with Crippen LogP contribution in [0.4, 0.5) is 0 Å². The molecule has 0 spiro atoms. The summed E-state index contributed by atoms with van der Waals surface area (Å²) in [5.41, 5.74) is 0. The molecule has 0 aromatic heterocycles. The standard InChI is InChI=1S/C6H11O.2C6H11.Sn/c7-6-4-2-1-3-5-6;2*1-2-4-6-5-3-1;/h6H,1-5H2;2*1H,2-6H2;/q-1;;;+1. The summed E-state index contributed by atoms with van der Waals surface area (Å²) in [5.74, 6) is 0. The van der Waals surface area contributed by atoms with Gasteiger partial charge in [-0.25, -0.2) is 0 Å². The predicted octanol–water partition coefficient (Wildman–Crippen LogP) is 6.00. The number of rotatable bonds is 4. The summed E-state index contributed by atoms with van der Waals surface area (Å²) in [6.07, 6.45) is 23.0. The molecule has 20 heavy (non-hydrogen) atoms. The Kier molecular flexibility index (Phi) is 6.58. The summed E-state index contributed by atoms with van der Waals surface area (Å²) in [5, 5.41) is 0. The molecule has 0 aromatic carbocycles.